The average molecular weight is 524 g/mol. The molecule has 7 rings (SSSR count). The van der Waals surface area contributed by atoms with Crippen LogP contribution in [0, 0.1) is 12.7 Å². The second-order valence-electron chi connectivity index (χ2n) is 11.9. The first-order valence-electron chi connectivity index (χ1n) is 13.9. The van der Waals surface area contributed by atoms with E-state index < -0.39 is 0 Å². The van der Waals surface area contributed by atoms with Crippen molar-refractivity contribution in [3.05, 3.63) is 120 Å². The maximum Gasteiger partial charge on any atom is 0.214 e. The van der Waals surface area contributed by atoms with Gasteiger partial charge in [-0.15, -0.1) is 0 Å². The predicted octanol–water partition coefficient (Wildman–Crippen LogP) is 9.33. The fourth-order valence-corrected chi connectivity index (χ4v) is 6.44. The van der Waals surface area contributed by atoms with Crippen molar-refractivity contribution in [1.82, 2.24) is 4.57 Å². The maximum absolute atomic E-state index is 15.3. The monoisotopic (exact) mass is 523 g/mol. The summed E-state index contributed by atoms with van der Waals surface area (Å²) in [7, 11) is 2.14. The Morgan fingerprint density at radius 1 is 0.700 bits per heavy atom. The number of nitrogens with zero attached hydrogens (tertiary/aromatic N) is 2. The lowest BCUT2D eigenvalue weighted by atomic mass is 9.80. The van der Waals surface area contributed by atoms with E-state index in [0.29, 0.717) is 5.52 Å². The molecule has 0 bridgehead atoms. The standard InChI is InChI=1S/C37H32FN2/c1-23-26-11-6-7-12-27(26)31(37(2,3)4)22-30(23)33-20-18-24-17-19-25(21-35(24)39(33)5)40-34-16-9-8-13-28(34)29-14-10-15-32(38)36(29)40/h6-22H,1-5H3/q+1. The highest BCUT2D eigenvalue weighted by Gasteiger charge is 2.24. The zero-order chi connectivity index (χ0) is 27.8. The normalized spacial score (nSPS) is 12.2. The third kappa shape index (κ3) is 3.57. The van der Waals surface area contributed by atoms with E-state index in [0.717, 1.165) is 38.6 Å². The quantitative estimate of drug-likeness (QED) is 0.200. The van der Waals surface area contributed by atoms with Gasteiger partial charge in [-0.1, -0.05) is 75.4 Å². The van der Waals surface area contributed by atoms with E-state index in [1.165, 1.54) is 27.5 Å². The molecule has 0 saturated carbocycles. The number of para-hydroxylation sites is 2. The third-order valence-corrected chi connectivity index (χ3v) is 8.46. The van der Waals surface area contributed by atoms with Crippen molar-refractivity contribution in [2.45, 2.75) is 33.1 Å². The molecule has 0 saturated heterocycles. The summed E-state index contributed by atoms with van der Waals surface area (Å²) in [4.78, 5) is 0. The van der Waals surface area contributed by atoms with E-state index in [4.69, 9.17) is 0 Å². The molecule has 196 valence electrons. The molecule has 0 unspecified atom stereocenters. The van der Waals surface area contributed by atoms with E-state index in [1.807, 2.05) is 18.2 Å². The number of pyridine rings is 1. The van der Waals surface area contributed by atoms with Crippen molar-refractivity contribution in [3.63, 3.8) is 0 Å². The first-order chi connectivity index (χ1) is 19.2. The number of hydrogen-bond acceptors (Lipinski definition) is 0. The molecule has 40 heavy (non-hydrogen) atoms. The summed E-state index contributed by atoms with van der Waals surface area (Å²) >= 11 is 0. The van der Waals surface area contributed by atoms with Gasteiger partial charge in [0, 0.05) is 33.9 Å². The van der Waals surface area contributed by atoms with Gasteiger partial charge in [0.15, 0.2) is 0 Å². The summed E-state index contributed by atoms with van der Waals surface area (Å²) in [6.45, 7) is 9.08. The summed E-state index contributed by atoms with van der Waals surface area (Å²) in [6.07, 6.45) is 0. The Morgan fingerprint density at radius 2 is 1.38 bits per heavy atom. The number of rotatable bonds is 2. The maximum atomic E-state index is 15.3. The van der Waals surface area contributed by atoms with Crippen molar-refractivity contribution in [3.8, 4) is 16.9 Å². The van der Waals surface area contributed by atoms with Crippen LogP contribution in [-0.4, -0.2) is 4.57 Å². The lowest BCUT2D eigenvalue weighted by Crippen LogP contribution is -2.32. The number of aryl methyl sites for hydroxylation is 2. The summed E-state index contributed by atoms with van der Waals surface area (Å²) in [5, 5.41) is 5.73. The molecule has 0 fully saturated rings. The van der Waals surface area contributed by atoms with Gasteiger partial charge < -0.3 is 4.57 Å². The summed E-state index contributed by atoms with van der Waals surface area (Å²) in [5.74, 6) is -0.214. The van der Waals surface area contributed by atoms with Crippen LogP contribution in [0.25, 0.3) is 60.4 Å². The second-order valence-corrected chi connectivity index (χ2v) is 11.9. The topological polar surface area (TPSA) is 8.81 Å². The highest BCUT2D eigenvalue weighted by molar-refractivity contribution is 6.09. The Balaban J connectivity index is 1.51. The Bertz CT molecular complexity index is 2130. The summed E-state index contributed by atoms with van der Waals surface area (Å²) in [6, 6.07) is 35.5. The molecule has 0 spiro atoms. The van der Waals surface area contributed by atoms with Gasteiger partial charge in [0.1, 0.15) is 12.9 Å². The van der Waals surface area contributed by atoms with Crippen molar-refractivity contribution >= 4 is 43.5 Å². The fourth-order valence-electron chi connectivity index (χ4n) is 6.44. The van der Waals surface area contributed by atoms with E-state index in [-0.39, 0.29) is 11.2 Å². The number of halogens is 1. The summed E-state index contributed by atoms with van der Waals surface area (Å²) in [5.41, 5.74) is 8.68. The lowest BCUT2D eigenvalue weighted by Gasteiger charge is -2.24. The molecule has 0 atom stereocenters. The van der Waals surface area contributed by atoms with Gasteiger partial charge in [-0.25, -0.2) is 4.39 Å². The molecule has 3 heteroatoms. The van der Waals surface area contributed by atoms with Crippen LogP contribution in [0.1, 0.15) is 31.9 Å². The largest absolute Gasteiger partial charge is 0.306 e. The Hall–Kier alpha value is -4.50. The van der Waals surface area contributed by atoms with Gasteiger partial charge in [0.25, 0.3) is 0 Å². The number of aromatic nitrogens is 2. The summed E-state index contributed by atoms with van der Waals surface area (Å²) < 4.78 is 19.7. The Morgan fingerprint density at radius 3 is 2.15 bits per heavy atom. The number of benzene rings is 5. The minimum Gasteiger partial charge on any atom is -0.306 e. The Kier molecular flexibility index (Phi) is 5.37. The zero-order valence-corrected chi connectivity index (χ0v) is 23.6. The van der Waals surface area contributed by atoms with Crippen molar-refractivity contribution < 1.29 is 8.96 Å². The minimum absolute atomic E-state index is 0.00521. The van der Waals surface area contributed by atoms with Crippen LogP contribution in [0.4, 0.5) is 4.39 Å². The average Bonchev–Trinajstić information content (AvgIpc) is 3.29. The van der Waals surface area contributed by atoms with Crippen molar-refractivity contribution in [2.75, 3.05) is 0 Å². The van der Waals surface area contributed by atoms with Gasteiger partial charge in [-0.05, 0) is 70.6 Å². The first kappa shape index (κ1) is 24.5. The van der Waals surface area contributed by atoms with Crippen LogP contribution in [-0.2, 0) is 12.5 Å². The highest BCUT2D eigenvalue weighted by Crippen LogP contribution is 2.38. The van der Waals surface area contributed by atoms with Crippen molar-refractivity contribution in [2.24, 2.45) is 7.05 Å². The van der Waals surface area contributed by atoms with E-state index in [9.17, 15) is 0 Å². The molecule has 0 aliphatic heterocycles. The number of hydrogen-bond donors (Lipinski definition) is 0. The van der Waals surface area contributed by atoms with Crippen molar-refractivity contribution in [1.29, 1.82) is 0 Å². The lowest BCUT2D eigenvalue weighted by molar-refractivity contribution is -0.633. The van der Waals surface area contributed by atoms with E-state index in [1.54, 1.807) is 12.1 Å². The smallest absolute Gasteiger partial charge is 0.214 e. The molecule has 2 nitrogen and oxygen atoms in total. The van der Waals surface area contributed by atoms with Gasteiger partial charge in [-0.3, -0.25) is 0 Å². The molecule has 0 amide bonds. The van der Waals surface area contributed by atoms with E-state index in [2.05, 4.69) is 117 Å². The van der Waals surface area contributed by atoms with E-state index >= 15 is 4.39 Å². The molecule has 2 aromatic heterocycles. The predicted molar refractivity (Wildman–Crippen MR) is 166 cm³/mol. The van der Waals surface area contributed by atoms with Crippen LogP contribution in [0.3, 0.4) is 0 Å². The highest BCUT2D eigenvalue weighted by atomic mass is 19.1. The molecule has 0 N–H and O–H groups in total. The fraction of sp³-hybridized carbons (Fsp3) is 0.162. The second kappa shape index (κ2) is 8.76. The van der Waals surface area contributed by atoms with Crippen LogP contribution in [0.5, 0.6) is 0 Å². The first-order valence-corrected chi connectivity index (χ1v) is 13.9. The number of fused-ring (bicyclic) bond motifs is 5. The van der Waals surface area contributed by atoms with Crippen LogP contribution in [0.2, 0.25) is 0 Å². The minimum atomic E-state index is -0.214. The van der Waals surface area contributed by atoms with Gasteiger partial charge in [0.05, 0.1) is 16.7 Å². The molecular weight excluding hydrogens is 491 g/mol. The van der Waals surface area contributed by atoms with Crippen LogP contribution >= 0.6 is 0 Å². The molecule has 5 aromatic carbocycles. The zero-order valence-electron chi connectivity index (χ0n) is 23.6. The molecule has 2 heterocycles. The Labute approximate surface area is 233 Å². The molecule has 7 aromatic rings. The molecule has 0 radical (unpaired) electrons. The van der Waals surface area contributed by atoms with Gasteiger partial charge in [-0.2, -0.15) is 4.57 Å². The van der Waals surface area contributed by atoms with Gasteiger partial charge in [0.2, 0.25) is 11.2 Å². The van der Waals surface area contributed by atoms with Gasteiger partial charge >= 0.3 is 0 Å². The molecular formula is C37H32FN2+. The SMILES string of the molecule is Cc1c(-c2ccc3ccc(-n4c5ccccc5c5cccc(F)c54)cc3[n+]2C)cc(C(C)(C)C)c2ccccc12. The molecule has 0 aliphatic rings. The molecule has 0 aliphatic carbocycles. The third-order valence-electron chi connectivity index (χ3n) is 8.46. The van der Waals surface area contributed by atoms with Crippen LogP contribution < -0.4 is 4.57 Å². The van der Waals surface area contributed by atoms with Crippen LogP contribution in [0.15, 0.2) is 103 Å².